The average molecular weight is 336 g/mol. The van der Waals surface area contributed by atoms with Crippen LogP contribution in [-0.2, 0) is 16.1 Å². The summed E-state index contributed by atoms with van der Waals surface area (Å²) >= 11 is 0. The molecule has 0 fully saturated rings. The second kappa shape index (κ2) is 8.49. The molecule has 136 valence electrons. The lowest BCUT2D eigenvalue weighted by atomic mass is 9.87. The van der Waals surface area contributed by atoms with Crippen molar-refractivity contribution in [3.63, 3.8) is 0 Å². The van der Waals surface area contributed by atoms with Gasteiger partial charge in [-0.1, -0.05) is 32.9 Å². The van der Waals surface area contributed by atoms with Crippen LogP contribution in [0.2, 0.25) is 0 Å². The van der Waals surface area contributed by atoms with Gasteiger partial charge in [0.2, 0.25) is 5.91 Å². The van der Waals surface area contributed by atoms with E-state index in [1.54, 1.807) is 0 Å². The molecule has 0 saturated heterocycles. The first kappa shape index (κ1) is 20.5. The molecule has 0 bridgehead atoms. The first-order valence-corrected chi connectivity index (χ1v) is 8.48. The molecule has 2 atom stereocenters. The number of carbonyl (C=O) groups is 1. The van der Waals surface area contributed by atoms with E-state index in [4.69, 9.17) is 15.2 Å². The third-order valence-electron chi connectivity index (χ3n) is 3.89. The summed E-state index contributed by atoms with van der Waals surface area (Å²) in [5.74, 6) is 0.695. The molecule has 0 aliphatic rings. The smallest absolute Gasteiger partial charge is 0.237 e. The first-order valence-electron chi connectivity index (χ1n) is 8.48. The topological polar surface area (TPSA) is 73.6 Å². The fourth-order valence-corrected chi connectivity index (χ4v) is 2.46. The van der Waals surface area contributed by atoms with Crippen molar-refractivity contribution in [1.29, 1.82) is 0 Å². The molecule has 0 aliphatic carbocycles. The van der Waals surface area contributed by atoms with Crippen LogP contribution in [-0.4, -0.2) is 24.8 Å². The van der Waals surface area contributed by atoms with E-state index in [-0.39, 0.29) is 17.6 Å². The highest BCUT2D eigenvalue weighted by Crippen LogP contribution is 2.26. The standard InChI is InChI=1S/C19H32N2O3/c1-8-23-14(4)24-16-12(2)9-15(10-13(16)3)11-21-18(22)17(20)19(5,6)7/h9-10,14,17H,8,11,20H2,1-7H3,(H,21,22). The van der Waals surface area contributed by atoms with Crippen molar-refractivity contribution in [1.82, 2.24) is 5.32 Å². The van der Waals surface area contributed by atoms with Gasteiger partial charge in [-0.05, 0) is 49.8 Å². The molecule has 1 aromatic rings. The Hall–Kier alpha value is -1.59. The molecule has 5 nitrogen and oxygen atoms in total. The van der Waals surface area contributed by atoms with Gasteiger partial charge in [-0.15, -0.1) is 0 Å². The number of rotatable bonds is 7. The molecule has 0 spiro atoms. The highest BCUT2D eigenvalue weighted by molar-refractivity contribution is 5.82. The summed E-state index contributed by atoms with van der Waals surface area (Å²) in [5.41, 5.74) is 8.78. The summed E-state index contributed by atoms with van der Waals surface area (Å²) in [4.78, 5) is 12.1. The van der Waals surface area contributed by atoms with E-state index in [1.165, 1.54) is 0 Å². The van der Waals surface area contributed by atoms with E-state index in [0.29, 0.717) is 13.2 Å². The summed E-state index contributed by atoms with van der Waals surface area (Å²) in [5, 5.41) is 2.91. The first-order chi connectivity index (χ1) is 11.1. The molecule has 1 amide bonds. The van der Waals surface area contributed by atoms with Crippen LogP contribution >= 0.6 is 0 Å². The van der Waals surface area contributed by atoms with Crippen molar-refractivity contribution in [2.45, 2.75) is 67.3 Å². The van der Waals surface area contributed by atoms with Crippen molar-refractivity contribution in [2.75, 3.05) is 6.61 Å². The molecular weight excluding hydrogens is 304 g/mol. The number of carbonyl (C=O) groups excluding carboxylic acids is 1. The maximum Gasteiger partial charge on any atom is 0.237 e. The van der Waals surface area contributed by atoms with Crippen LogP contribution in [0.15, 0.2) is 12.1 Å². The minimum atomic E-state index is -0.533. The van der Waals surface area contributed by atoms with Crippen LogP contribution < -0.4 is 15.8 Å². The molecule has 0 aromatic heterocycles. The maximum absolute atomic E-state index is 12.1. The van der Waals surface area contributed by atoms with Crippen molar-refractivity contribution in [3.05, 3.63) is 28.8 Å². The zero-order chi connectivity index (χ0) is 18.5. The monoisotopic (exact) mass is 336 g/mol. The van der Waals surface area contributed by atoms with Gasteiger partial charge < -0.3 is 20.5 Å². The van der Waals surface area contributed by atoms with E-state index in [1.807, 2.05) is 60.6 Å². The minimum absolute atomic E-state index is 0.136. The van der Waals surface area contributed by atoms with Crippen LogP contribution in [0.4, 0.5) is 0 Å². The number of amides is 1. The highest BCUT2D eigenvalue weighted by Gasteiger charge is 2.27. The quantitative estimate of drug-likeness (QED) is 0.751. The zero-order valence-corrected chi connectivity index (χ0v) is 16.0. The summed E-state index contributed by atoms with van der Waals surface area (Å²) in [7, 11) is 0. The summed E-state index contributed by atoms with van der Waals surface area (Å²) < 4.78 is 11.3. The van der Waals surface area contributed by atoms with Gasteiger partial charge in [-0.3, -0.25) is 4.79 Å². The lowest BCUT2D eigenvalue weighted by Gasteiger charge is -2.26. The molecule has 24 heavy (non-hydrogen) atoms. The van der Waals surface area contributed by atoms with E-state index in [2.05, 4.69) is 5.32 Å². The number of nitrogens with one attached hydrogen (secondary N) is 1. The predicted octanol–water partition coefficient (Wildman–Crippen LogP) is 3.05. The fraction of sp³-hybridized carbons (Fsp3) is 0.632. The molecule has 0 aliphatic heterocycles. The summed E-state index contributed by atoms with van der Waals surface area (Å²) in [6.07, 6.45) is -0.289. The number of aryl methyl sites for hydroxylation is 2. The normalized spacial score (nSPS) is 14.2. The Balaban J connectivity index is 2.77. The Labute approximate surface area is 145 Å². The van der Waals surface area contributed by atoms with Crippen LogP contribution in [0.1, 0.15) is 51.3 Å². The molecule has 1 aromatic carbocycles. The van der Waals surface area contributed by atoms with E-state index < -0.39 is 6.04 Å². The number of benzene rings is 1. The fourth-order valence-electron chi connectivity index (χ4n) is 2.46. The van der Waals surface area contributed by atoms with E-state index in [9.17, 15) is 4.79 Å². The third-order valence-corrected chi connectivity index (χ3v) is 3.89. The Morgan fingerprint density at radius 2 is 1.79 bits per heavy atom. The third kappa shape index (κ3) is 5.80. The SMILES string of the molecule is CCOC(C)Oc1c(C)cc(CNC(=O)C(N)C(C)(C)C)cc1C. The van der Waals surface area contributed by atoms with Crippen LogP contribution in [0.25, 0.3) is 0 Å². The Bertz CT molecular complexity index is 541. The van der Waals surface area contributed by atoms with Crippen molar-refractivity contribution in [3.8, 4) is 5.75 Å². The van der Waals surface area contributed by atoms with Gasteiger partial charge >= 0.3 is 0 Å². The second-order valence-electron chi connectivity index (χ2n) is 7.26. The van der Waals surface area contributed by atoms with E-state index in [0.717, 1.165) is 22.4 Å². The molecule has 3 N–H and O–H groups in total. The summed E-state index contributed by atoms with van der Waals surface area (Å²) in [6, 6.07) is 3.50. The highest BCUT2D eigenvalue weighted by atomic mass is 16.7. The van der Waals surface area contributed by atoms with Gasteiger partial charge in [-0.2, -0.15) is 0 Å². The largest absolute Gasteiger partial charge is 0.465 e. The van der Waals surface area contributed by atoms with Crippen LogP contribution in [0, 0.1) is 19.3 Å². The molecule has 5 heteroatoms. The Kier molecular flexibility index (Phi) is 7.24. The lowest BCUT2D eigenvalue weighted by Crippen LogP contribution is -2.48. The number of ether oxygens (including phenoxy) is 2. The zero-order valence-electron chi connectivity index (χ0n) is 16.0. The second-order valence-corrected chi connectivity index (χ2v) is 7.26. The Morgan fingerprint density at radius 1 is 1.25 bits per heavy atom. The molecular formula is C19H32N2O3. The predicted molar refractivity (Wildman–Crippen MR) is 96.9 cm³/mol. The van der Waals surface area contributed by atoms with Crippen molar-refractivity contribution >= 4 is 5.91 Å². The molecule has 0 saturated carbocycles. The lowest BCUT2D eigenvalue weighted by molar-refractivity contribution is -0.124. The molecule has 0 radical (unpaired) electrons. The van der Waals surface area contributed by atoms with Gasteiger partial charge in [0.1, 0.15) is 5.75 Å². The van der Waals surface area contributed by atoms with Gasteiger partial charge in [0.25, 0.3) is 0 Å². The molecule has 1 rings (SSSR count). The van der Waals surface area contributed by atoms with Crippen LogP contribution in [0.5, 0.6) is 5.75 Å². The minimum Gasteiger partial charge on any atom is -0.465 e. The molecule has 2 unspecified atom stereocenters. The van der Waals surface area contributed by atoms with Crippen molar-refractivity contribution < 1.29 is 14.3 Å². The van der Waals surface area contributed by atoms with Gasteiger partial charge in [-0.25, -0.2) is 0 Å². The van der Waals surface area contributed by atoms with E-state index >= 15 is 0 Å². The summed E-state index contributed by atoms with van der Waals surface area (Å²) in [6.45, 7) is 14.7. The van der Waals surface area contributed by atoms with Crippen LogP contribution in [0.3, 0.4) is 0 Å². The number of nitrogens with two attached hydrogens (primary N) is 1. The Morgan fingerprint density at radius 3 is 2.25 bits per heavy atom. The molecule has 0 heterocycles. The van der Waals surface area contributed by atoms with Gasteiger partial charge in [0.05, 0.1) is 6.04 Å². The average Bonchev–Trinajstić information content (AvgIpc) is 2.47. The maximum atomic E-state index is 12.1. The van der Waals surface area contributed by atoms with Gasteiger partial charge in [0.15, 0.2) is 6.29 Å². The number of hydrogen-bond donors (Lipinski definition) is 2. The number of hydrogen-bond acceptors (Lipinski definition) is 4. The van der Waals surface area contributed by atoms with Gasteiger partial charge in [0, 0.05) is 13.2 Å². The van der Waals surface area contributed by atoms with Crippen molar-refractivity contribution in [2.24, 2.45) is 11.1 Å².